The Morgan fingerprint density at radius 1 is 1.29 bits per heavy atom. The quantitative estimate of drug-likeness (QED) is 0.698. The highest BCUT2D eigenvalue weighted by molar-refractivity contribution is 8.01. The van der Waals surface area contributed by atoms with Crippen molar-refractivity contribution in [3.8, 4) is 0 Å². The van der Waals surface area contributed by atoms with Crippen LogP contribution in [0.2, 0.25) is 0 Å². The van der Waals surface area contributed by atoms with Gasteiger partial charge in [0.25, 0.3) is 0 Å². The Bertz CT molecular complexity index is 725. The molecule has 1 aromatic rings. The molecule has 2 heterocycles. The minimum Gasteiger partial charge on any atom is -0.598 e. The Morgan fingerprint density at radius 3 is 2.46 bits per heavy atom. The van der Waals surface area contributed by atoms with Crippen molar-refractivity contribution in [3.05, 3.63) is 29.8 Å². The third-order valence-corrected chi connectivity index (χ3v) is 9.11. The van der Waals surface area contributed by atoms with Crippen molar-refractivity contribution < 1.29 is 14.5 Å². The normalized spacial score (nSPS) is 22.9. The molecule has 2 aliphatic rings. The summed E-state index contributed by atoms with van der Waals surface area (Å²) < 4.78 is 15.5. The van der Waals surface area contributed by atoms with E-state index in [1.807, 2.05) is 32.5 Å². The second kappa shape index (κ2) is 7.74. The molecule has 1 spiro atoms. The van der Waals surface area contributed by atoms with Gasteiger partial charge in [0.05, 0.1) is 0 Å². The fourth-order valence-electron chi connectivity index (χ4n) is 4.54. The van der Waals surface area contributed by atoms with Crippen molar-refractivity contribution in [2.75, 3.05) is 19.6 Å². The fraction of sp³-hybridized carbons (Fsp3) is 0.667. The molecule has 2 N–H and O–H groups in total. The third-order valence-electron chi connectivity index (χ3n) is 5.95. The first-order valence-electron chi connectivity index (χ1n) is 9.87. The summed E-state index contributed by atoms with van der Waals surface area (Å²) in [4.78, 5) is 14.2. The maximum absolute atomic E-state index is 12.6. The molecule has 0 unspecified atom stereocenters. The van der Waals surface area contributed by atoms with E-state index in [4.69, 9.17) is 0 Å². The van der Waals surface area contributed by atoms with Gasteiger partial charge in [-0.1, -0.05) is 32.0 Å². The first-order valence-corrected chi connectivity index (χ1v) is 11.8. The van der Waals surface area contributed by atoms with Crippen molar-refractivity contribution >= 4 is 29.2 Å². The molecular formula is C21H32N2O3S2. The van der Waals surface area contributed by atoms with Gasteiger partial charge in [-0.15, -0.1) is 16.5 Å². The lowest BCUT2D eigenvalue weighted by atomic mass is 9.65. The molecule has 2 aliphatic heterocycles. The number of likely N-dealkylation sites (tertiary alicyclic amines) is 1. The number of amides is 1. The topological polar surface area (TPSA) is 75.6 Å². The number of nitrogens with zero attached hydrogens (tertiary/aromatic N) is 1. The zero-order valence-corrected chi connectivity index (χ0v) is 19.1. The molecule has 28 heavy (non-hydrogen) atoms. The summed E-state index contributed by atoms with van der Waals surface area (Å²) in [7, 11) is 0. The number of hydrogen-bond acceptors (Lipinski definition) is 4. The van der Waals surface area contributed by atoms with Crippen LogP contribution in [0.3, 0.4) is 0 Å². The number of carboxylic acid groups (broad SMARTS) is 1. The maximum Gasteiger partial charge on any atom is 0.407 e. The molecule has 1 saturated heterocycles. The van der Waals surface area contributed by atoms with Crippen LogP contribution < -0.4 is 4.72 Å². The smallest absolute Gasteiger partial charge is 0.407 e. The third kappa shape index (κ3) is 4.18. The van der Waals surface area contributed by atoms with Crippen LogP contribution in [0.4, 0.5) is 4.79 Å². The Kier molecular flexibility index (Phi) is 6.03. The van der Waals surface area contributed by atoms with E-state index < -0.39 is 17.5 Å². The molecule has 5 nitrogen and oxygen atoms in total. The van der Waals surface area contributed by atoms with Crippen LogP contribution in [0, 0.1) is 5.41 Å². The Balaban J connectivity index is 1.87. The van der Waals surface area contributed by atoms with Gasteiger partial charge in [0.2, 0.25) is 0 Å². The van der Waals surface area contributed by atoms with Crippen molar-refractivity contribution in [1.29, 1.82) is 0 Å². The number of piperidine rings is 1. The number of benzene rings is 1. The highest BCUT2D eigenvalue weighted by Crippen LogP contribution is 2.63. The first-order chi connectivity index (χ1) is 13.0. The van der Waals surface area contributed by atoms with E-state index in [2.05, 4.69) is 42.8 Å². The van der Waals surface area contributed by atoms with Gasteiger partial charge < -0.3 is 14.6 Å². The molecule has 156 valence electrons. The first kappa shape index (κ1) is 21.8. The van der Waals surface area contributed by atoms with Crippen molar-refractivity contribution in [3.63, 3.8) is 0 Å². The molecule has 0 aromatic heterocycles. The molecule has 0 radical (unpaired) electrons. The summed E-state index contributed by atoms with van der Waals surface area (Å²) in [5, 5.41) is 9.37. The lowest BCUT2D eigenvalue weighted by Crippen LogP contribution is -2.52. The number of thioether (sulfide) groups is 1. The predicted molar refractivity (Wildman–Crippen MR) is 116 cm³/mol. The summed E-state index contributed by atoms with van der Waals surface area (Å²) in [5.74, 6) is 0.279. The van der Waals surface area contributed by atoms with Crippen LogP contribution >= 0.6 is 11.8 Å². The standard InChI is InChI=1S/C21H32N2O3S2/c1-19(2,3)28(26)22-14-20(4,5)17-15-8-6-7-9-16(15)27-21(17)10-12-23(13-11-21)18(24)25/h6-9,17,22H,10-14H2,1-5H3,(H,24,25)/t17-,28+/m0/s1. The molecule has 2 atom stereocenters. The SMILES string of the molecule is CC(C)(CN[S@+]([O-])C(C)(C)C)[C@@H]1c2ccccc2SC12CCN(C(=O)O)CC2. The largest absolute Gasteiger partial charge is 0.598 e. The Morgan fingerprint density at radius 2 is 1.89 bits per heavy atom. The van der Waals surface area contributed by atoms with Gasteiger partial charge >= 0.3 is 6.09 Å². The van der Waals surface area contributed by atoms with Crippen LogP contribution in [-0.2, 0) is 11.4 Å². The number of rotatable bonds is 4. The molecule has 1 aromatic carbocycles. The van der Waals surface area contributed by atoms with E-state index in [-0.39, 0.29) is 20.8 Å². The minimum atomic E-state index is -1.11. The Hall–Kier alpha value is -0.890. The zero-order valence-electron chi connectivity index (χ0n) is 17.4. The maximum atomic E-state index is 12.6. The minimum absolute atomic E-state index is 0.00988. The van der Waals surface area contributed by atoms with Gasteiger partial charge in [-0.05, 0) is 50.7 Å². The van der Waals surface area contributed by atoms with Crippen molar-refractivity contribution in [1.82, 2.24) is 9.62 Å². The predicted octanol–water partition coefficient (Wildman–Crippen LogP) is 4.47. The number of nitrogens with one attached hydrogen (secondary N) is 1. The summed E-state index contributed by atoms with van der Waals surface area (Å²) in [5.41, 5.74) is 1.23. The van der Waals surface area contributed by atoms with Crippen LogP contribution in [0.1, 0.15) is 58.9 Å². The molecule has 7 heteroatoms. The van der Waals surface area contributed by atoms with E-state index in [9.17, 15) is 14.5 Å². The number of hydrogen-bond donors (Lipinski definition) is 2. The molecular weight excluding hydrogens is 392 g/mol. The Labute approximate surface area is 176 Å². The van der Waals surface area contributed by atoms with E-state index in [0.29, 0.717) is 19.6 Å². The second-order valence-corrected chi connectivity index (χ2v) is 13.1. The highest BCUT2D eigenvalue weighted by Gasteiger charge is 2.54. The highest BCUT2D eigenvalue weighted by atomic mass is 32.2. The average molecular weight is 425 g/mol. The van der Waals surface area contributed by atoms with E-state index in [0.717, 1.165) is 12.8 Å². The van der Waals surface area contributed by atoms with Gasteiger partial charge in [0.1, 0.15) is 4.75 Å². The molecule has 3 rings (SSSR count). The summed E-state index contributed by atoms with van der Waals surface area (Å²) in [6.45, 7) is 12.2. The van der Waals surface area contributed by atoms with Gasteiger partial charge in [0.15, 0.2) is 0 Å². The average Bonchev–Trinajstić information content (AvgIpc) is 2.93. The van der Waals surface area contributed by atoms with Crippen molar-refractivity contribution in [2.45, 2.75) is 67.8 Å². The molecule has 1 amide bonds. The van der Waals surface area contributed by atoms with Crippen LogP contribution in [-0.4, -0.2) is 49.8 Å². The second-order valence-electron chi connectivity index (χ2n) is 9.60. The van der Waals surface area contributed by atoms with Crippen LogP contribution in [0.25, 0.3) is 0 Å². The molecule has 1 fully saturated rings. The van der Waals surface area contributed by atoms with Gasteiger partial charge in [-0.25, -0.2) is 4.79 Å². The summed E-state index contributed by atoms with van der Waals surface area (Å²) in [6.07, 6.45) is 0.859. The van der Waals surface area contributed by atoms with E-state index in [1.54, 1.807) is 0 Å². The zero-order chi connectivity index (χ0) is 20.7. The monoisotopic (exact) mass is 424 g/mol. The molecule has 0 bridgehead atoms. The van der Waals surface area contributed by atoms with E-state index >= 15 is 0 Å². The molecule has 0 aliphatic carbocycles. The number of carbonyl (C=O) groups is 1. The lowest BCUT2D eigenvalue weighted by molar-refractivity contribution is 0.115. The van der Waals surface area contributed by atoms with Crippen LogP contribution in [0.15, 0.2) is 29.2 Å². The van der Waals surface area contributed by atoms with E-state index in [1.165, 1.54) is 15.4 Å². The molecule has 0 saturated carbocycles. The number of fused-ring (bicyclic) bond motifs is 1. The van der Waals surface area contributed by atoms with Gasteiger partial charge in [-0.2, -0.15) is 0 Å². The fourth-order valence-corrected chi connectivity index (χ4v) is 7.32. The summed E-state index contributed by atoms with van der Waals surface area (Å²) in [6, 6.07) is 8.57. The van der Waals surface area contributed by atoms with Crippen LogP contribution in [0.5, 0.6) is 0 Å². The summed E-state index contributed by atoms with van der Waals surface area (Å²) >= 11 is 0.812. The van der Waals surface area contributed by atoms with Crippen molar-refractivity contribution in [2.24, 2.45) is 5.41 Å². The van der Waals surface area contributed by atoms with Gasteiger partial charge in [-0.3, -0.25) is 0 Å². The van der Waals surface area contributed by atoms with Gasteiger partial charge in [0, 0.05) is 46.6 Å². The lowest BCUT2D eigenvalue weighted by Gasteiger charge is -2.47.